The van der Waals surface area contributed by atoms with E-state index in [4.69, 9.17) is 4.74 Å². The van der Waals surface area contributed by atoms with Gasteiger partial charge >= 0.3 is 0 Å². The Morgan fingerprint density at radius 3 is 2.53 bits per heavy atom. The lowest BCUT2D eigenvalue weighted by atomic mass is 10.2. The summed E-state index contributed by atoms with van der Waals surface area (Å²) in [6.45, 7) is 8.62. The van der Waals surface area contributed by atoms with Gasteiger partial charge in [-0.1, -0.05) is 13.8 Å². The van der Waals surface area contributed by atoms with Gasteiger partial charge in [0.05, 0.1) is 12.7 Å². The minimum absolute atomic E-state index is 0.145. The van der Waals surface area contributed by atoms with Crippen LogP contribution in [0.4, 0.5) is 0 Å². The van der Waals surface area contributed by atoms with Crippen LogP contribution in [0.2, 0.25) is 0 Å². The first-order valence-electron chi connectivity index (χ1n) is 5.61. The van der Waals surface area contributed by atoms with Gasteiger partial charge in [-0.2, -0.15) is 0 Å². The van der Waals surface area contributed by atoms with Crippen LogP contribution in [0, 0.1) is 0 Å². The summed E-state index contributed by atoms with van der Waals surface area (Å²) < 4.78 is 5.53. The van der Waals surface area contributed by atoms with Gasteiger partial charge in [-0.3, -0.25) is 4.79 Å². The van der Waals surface area contributed by atoms with E-state index in [1.54, 1.807) is 6.92 Å². The average Bonchev–Trinajstić information content (AvgIpc) is 2.20. The number of hydrogen-bond acceptors (Lipinski definition) is 3. The van der Waals surface area contributed by atoms with Gasteiger partial charge in [0.15, 0.2) is 0 Å². The molecule has 4 heteroatoms. The topological polar surface area (TPSA) is 32.8 Å². The lowest BCUT2D eigenvalue weighted by Gasteiger charge is -2.33. The molecule has 0 aromatic carbocycles. The maximum atomic E-state index is 11.1. The van der Waals surface area contributed by atoms with E-state index in [9.17, 15) is 4.79 Å². The maximum Gasteiger partial charge on any atom is 0.219 e. The molecule has 1 atom stereocenters. The summed E-state index contributed by atoms with van der Waals surface area (Å²) in [6.07, 6.45) is 0.174. The molecule has 90 valence electrons. The molecular formula is C11H24N2O2. The van der Waals surface area contributed by atoms with Crippen molar-refractivity contribution in [3.8, 4) is 0 Å². The number of nitrogens with zero attached hydrogens (tertiary/aromatic N) is 2. The van der Waals surface area contributed by atoms with Crippen molar-refractivity contribution in [2.24, 2.45) is 0 Å². The van der Waals surface area contributed by atoms with Gasteiger partial charge in [-0.15, -0.1) is 0 Å². The second-order valence-corrected chi connectivity index (χ2v) is 3.72. The third-order valence-electron chi connectivity index (χ3n) is 2.15. The Morgan fingerprint density at radius 1 is 1.47 bits per heavy atom. The van der Waals surface area contributed by atoms with E-state index in [0.29, 0.717) is 6.61 Å². The van der Waals surface area contributed by atoms with Crippen molar-refractivity contribution in [3.63, 3.8) is 0 Å². The molecule has 1 fully saturated rings. The smallest absolute Gasteiger partial charge is 0.219 e. The van der Waals surface area contributed by atoms with Gasteiger partial charge in [0.1, 0.15) is 0 Å². The quantitative estimate of drug-likeness (QED) is 0.685. The van der Waals surface area contributed by atoms with Crippen molar-refractivity contribution in [2.75, 3.05) is 40.3 Å². The predicted octanol–water partition coefficient (Wildman–Crippen LogP) is 0.821. The van der Waals surface area contributed by atoms with E-state index in [1.165, 1.54) is 0 Å². The molecule has 1 saturated heterocycles. The molecule has 1 aliphatic rings. The minimum atomic E-state index is 0.145. The van der Waals surface area contributed by atoms with Crippen molar-refractivity contribution in [2.45, 2.75) is 26.9 Å². The molecule has 1 amide bonds. The van der Waals surface area contributed by atoms with Gasteiger partial charge in [-0.05, 0) is 14.1 Å². The van der Waals surface area contributed by atoms with Crippen LogP contribution in [0.25, 0.3) is 0 Å². The highest BCUT2D eigenvalue weighted by Gasteiger charge is 2.22. The summed E-state index contributed by atoms with van der Waals surface area (Å²) in [4.78, 5) is 15.0. The molecule has 1 aliphatic heterocycles. The lowest BCUT2D eigenvalue weighted by molar-refractivity contribution is -0.136. The lowest BCUT2D eigenvalue weighted by Crippen LogP contribution is -2.48. The van der Waals surface area contributed by atoms with Crippen molar-refractivity contribution in [3.05, 3.63) is 0 Å². The normalized spacial score (nSPS) is 20.9. The molecule has 0 spiro atoms. The van der Waals surface area contributed by atoms with Crippen LogP contribution in [0.15, 0.2) is 0 Å². The van der Waals surface area contributed by atoms with Gasteiger partial charge in [0.2, 0.25) is 5.91 Å². The molecular weight excluding hydrogens is 192 g/mol. The number of likely N-dealkylation sites (N-methyl/N-ethyl adjacent to an activating group) is 1. The van der Waals surface area contributed by atoms with Gasteiger partial charge in [0.25, 0.3) is 0 Å². The Balaban J connectivity index is 0.000000921. The van der Waals surface area contributed by atoms with Crippen LogP contribution in [-0.4, -0.2) is 62.1 Å². The Bertz CT molecular complexity index is 183. The van der Waals surface area contributed by atoms with E-state index in [1.807, 2.05) is 32.8 Å². The first kappa shape index (κ1) is 14.4. The zero-order valence-corrected chi connectivity index (χ0v) is 10.6. The van der Waals surface area contributed by atoms with Gasteiger partial charge < -0.3 is 14.5 Å². The van der Waals surface area contributed by atoms with E-state index in [0.717, 1.165) is 19.6 Å². The molecule has 0 aliphatic carbocycles. The number of amides is 1. The highest BCUT2D eigenvalue weighted by Crippen LogP contribution is 2.05. The maximum absolute atomic E-state index is 11.1. The summed E-state index contributed by atoms with van der Waals surface area (Å²) in [5.74, 6) is 0.145. The molecule has 0 bridgehead atoms. The number of carbonyl (C=O) groups excluding carboxylic acids is 1. The van der Waals surface area contributed by atoms with Gasteiger partial charge in [-0.25, -0.2) is 0 Å². The van der Waals surface area contributed by atoms with Gasteiger partial charge in [0, 0.05) is 26.6 Å². The monoisotopic (exact) mass is 216 g/mol. The van der Waals surface area contributed by atoms with Crippen LogP contribution in [0.3, 0.4) is 0 Å². The molecule has 4 nitrogen and oxygen atoms in total. The summed E-state index contributed by atoms with van der Waals surface area (Å²) >= 11 is 0. The molecule has 15 heavy (non-hydrogen) atoms. The molecule has 1 heterocycles. The number of hydrogen-bond donors (Lipinski definition) is 0. The van der Waals surface area contributed by atoms with Crippen LogP contribution >= 0.6 is 0 Å². The molecule has 0 radical (unpaired) electrons. The second-order valence-electron chi connectivity index (χ2n) is 3.72. The number of morpholine rings is 1. The van der Waals surface area contributed by atoms with Crippen molar-refractivity contribution >= 4 is 5.91 Å². The Kier molecular flexibility index (Phi) is 7.34. The molecule has 1 rings (SSSR count). The largest absolute Gasteiger partial charge is 0.373 e. The molecule has 0 N–H and O–H groups in total. The standard InChI is InChI=1S/C9H18N2O2.C2H6/c1-8(12)11-4-5-13-9(7-11)6-10(2)3;1-2/h9H,4-7H2,1-3H3;1-2H3. The fraction of sp³-hybridized carbons (Fsp3) is 0.909. The summed E-state index contributed by atoms with van der Waals surface area (Å²) in [6, 6.07) is 0. The summed E-state index contributed by atoms with van der Waals surface area (Å²) in [5, 5.41) is 0. The van der Waals surface area contributed by atoms with Crippen LogP contribution in [-0.2, 0) is 9.53 Å². The van der Waals surface area contributed by atoms with E-state index >= 15 is 0 Å². The number of carbonyl (C=O) groups is 1. The van der Waals surface area contributed by atoms with E-state index in [-0.39, 0.29) is 12.0 Å². The van der Waals surface area contributed by atoms with E-state index in [2.05, 4.69) is 4.90 Å². The predicted molar refractivity (Wildman–Crippen MR) is 61.9 cm³/mol. The Labute approximate surface area is 93.2 Å². The van der Waals surface area contributed by atoms with Crippen molar-refractivity contribution in [1.29, 1.82) is 0 Å². The highest BCUT2D eigenvalue weighted by molar-refractivity contribution is 5.73. The first-order chi connectivity index (χ1) is 7.09. The molecule has 0 saturated carbocycles. The summed E-state index contributed by atoms with van der Waals surface area (Å²) in [7, 11) is 4.02. The molecule has 1 unspecified atom stereocenters. The fourth-order valence-electron chi connectivity index (χ4n) is 1.52. The minimum Gasteiger partial charge on any atom is -0.373 e. The number of rotatable bonds is 2. The average molecular weight is 216 g/mol. The number of ether oxygens (including phenoxy) is 1. The Hall–Kier alpha value is -0.610. The second kappa shape index (κ2) is 7.65. The van der Waals surface area contributed by atoms with Crippen LogP contribution in [0.5, 0.6) is 0 Å². The highest BCUT2D eigenvalue weighted by atomic mass is 16.5. The zero-order valence-electron chi connectivity index (χ0n) is 10.6. The van der Waals surface area contributed by atoms with Crippen LogP contribution in [0.1, 0.15) is 20.8 Å². The van der Waals surface area contributed by atoms with E-state index < -0.39 is 0 Å². The van der Waals surface area contributed by atoms with Crippen molar-refractivity contribution < 1.29 is 9.53 Å². The SMILES string of the molecule is CC.CC(=O)N1CCOC(CN(C)C)C1. The summed E-state index contributed by atoms with van der Waals surface area (Å²) in [5.41, 5.74) is 0. The van der Waals surface area contributed by atoms with Crippen molar-refractivity contribution in [1.82, 2.24) is 9.80 Å². The fourth-order valence-corrected chi connectivity index (χ4v) is 1.52. The third-order valence-corrected chi connectivity index (χ3v) is 2.15. The molecule has 0 aromatic rings. The Morgan fingerprint density at radius 2 is 2.07 bits per heavy atom. The molecule has 0 aromatic heterocycles. The first-order valence-corrected chi connectivity index (χ1v) is 5.61. The van der Waals surface area contributed by atoms with Crippen LogP contribution < -0.4 is 0 Å². The third kappa shape index (κ3) is 5.74. The zero-order chi connectivity index (χ0) is 11.8.